The number of sulfonamides is 1. The molecule has 1 N–H and O–H groups in total. The van der Waals surface area contributed by atoms with Crippen LogP contribution in [0.3, 0.4) is 0 Å². The molecule has 2 heterocycles. The maximum atomic E-state index is 12.9. The number of pyridine rings is 1. The van der Waals surface area contributed by atoms with Crippen molar-refractivity contribution in [3.63, 3.8) is 0 Å². The van der Waals surface area contributed by atoms with Crippen LogP contribution >= 0.6 is 27.5 Å². The zero-order chi connectivity index (χ0) is 17.6. The summed E-state index contributed by atoms with van der Waals surface area (Å²) in [6.45, 7) is 1.53. The molecule has 0 bridgehead atoms. The van der Waals surface area contributed by atoms with Crippen molar-refractivity contribution in [1.82, 2.24) is 14.8 Å². The molecule has 0 aliphatic heterocycles. The van der Waals surface area contributed by atoms with Crippen LogP contribution in [-0.2, 0) is 23.2 Å². The average molecular weight is 434 g/mol. The molecule has 0 amide bonds. The molecule has 2 rings (SSSR count). The molecular formula is C11H9BrClF3N4O2S. The highest BCUT2D eigenvalue weighted by atomic mass is 79.9. The van der Waals surface area contributed by atoms with Crippen molar-refractivity contribution in [3.05, 3.63) is 33.3 Å². The molecule has 0 unspecified atom stereocenters. The van der Waals surface area contributed by atoms with Crippen molar-refractivity contribution in [2.24, 2.45) is 7.05 Å². The first kappa shape index (κ1) is 18.0. The normalized spacial score (nSPS) is 12.5. The van der Waals surface area contributed by atoms with E-state index in [0.717, 1.165) is 10.9 Å². The van der Waals surface area contributed by atoms with E-state index in [9.17, 15) is 21.6 Å². The first-order valence-corrected chi connectivity index (χ1v) is 8.53. The molecule has 23 heavy (non-hydrogen) atoms. The van der Waals surface area contributed by atoms with Gasteiger partial charge in [0.15, 0.2) is 10.8 Å². The van der Waals surface area contributed by atoms with Gasteiger partial charge in [-0.3, -0.25) is 9.40 Å². The number of halogens is 5. The highest BCUT2D eigenvalue weighted by Crippen LogP contribution is 2.35. The summed E-state index contributed by atoms with van der Waals surface area (Å²) < 4.78 is 66.7. The lowest BCUT2D eigenvalue weighted by Gasteiger charge is -2.13. The number of aromatic nitrogens is 3. The molecule has 0 saturated heterocycles. The van der Waals surface area contributed by atoms with Gasteiger partial charge >= 0.3 is 6.18 Å². The standard InChI is InChI=1S/C11H9BrClF3N4O2S/c1-5-6(12)3-17-10(13)8(5)19-23(21,22)7-4-20(2)18-9(7)11(14,15)16/h3-4,19H,1-2H3. The van der Waals surface area contributed by atoms with Crippen molar-refractivity contribution in [2.75, 3.05) is 4.72 Å². The molecular weight excluding hydrogens is 425 g/mol. The molecule has 0 aromatic carbocycles. The van der Waals surface area contributed by atoms with Gasteiger partial charge in [0.2, 0.25) is 0 Å². The predicted molar refractivity (Wildman–Crippen MR) is 80.7 cm³/mol. The fraction of sp³-hybridized carbons (Fsp3) is 0.273. The monoisotopic (exact) mass is 432 g/mol. The predicted octanol–water partition coefficient (Wildman–Crippen LogP) is 3.36. The minimum absolute atomic E-state index is 0.113. The lowest BCUT2D eigenvalue weighted by Crippen LogP contribution is -2.19. The number of hydrogen-bond acceptors (Lipinski definition) is 4. The van der Waals surface area contributed by atoms with Gasteiger partial charge in [0, 0.05) is 23.9 Å². The summed E-state index contributed by atoms with van der Waals surface area (Å²) in [6, 6.07) is 0. The lowest BCUT2D eigenvalue weighted by atomic mass is 10.3. The minimum atomic E-state index is -4.92. The van der Waals surface area contributed by atoms with Gasteiger partial charge in [0.25, 0.3) is 10.0 Å². The van der Waals surface area contributed by atoms with Gasteiger partial charge in [-0.05, 0) is 28.4 Å². The third-order valence-electron chi connectivity index (χ3n) is 2.82. The number of nitrogens with one attached hydrogen (secondary N) is 1. The second kappa shape index (κ2) is 5.95. The van der Waals surface area contributed by atoms with E-state index >= 15 is 0 Å². The Hall–Kier alpha value is -1.33. The van der Waals surface area contributed by atoms with Crippen molar-refractivity contribution in [3.8, 4) is 0 Å². The quantitative estimate of drug-likeness (QED) is 0.753. The summed E-state index contributed by atoms with van der Waals surface area (Å²) in [5.74, 6) is 0. The average Bonchev–Trinajstić information content (AvgIpc) is 2.82. The highest BCUT2D eigenvalue weighted by Gasteiger charge is 2.41. The number of rotatable bonds is 3. The molecule has 0 aliphatic rings. The first-order chi connectivity index (χ1) is 10.4. The van der Waals surface area contributed by atoms with E-state index in [4.69, 9.17) is 11.6 Å². The summed E-state index contributed by atoms with van der Waals surface area (Å²) in [5, 5.41) is 2.98. The van der Waals surface area contributed by atoms with Crippen LogP contribution in [-0.4, -0.2) is 23.2 Å². The first-order valence-electron chi connectivity index (χ1n) is 5.87. The molecule has 0 saturated carbocycles. The Labute approximate surface area is 142 Å². The second-order valence-electron chi connectivity index (χ2n) is 4.52. The van der Waals surface area contributed by atoms with Crippen molar-refractivity contribution >= 4 is 43.2 Å². The molecule has 0 aliphatic carbocycles. The molecule has 2 aromatic rings. The fourth-order valence-electron chi connectivity index (χ4n) is 1.72. The van der Waals surface area contributed by atoms with E-state index < -0.39 is 26.8 Å². The summed E-state index contributed by atoms with van der Waals surface area (Å²) in [4.78, 5) is 2.75. The lowest BCUT2D eigenvalue weighted by molar-refractivity contribution is -0.143. The zero-order valence-corrected chi connectivity index (χ0v) is 14.8. The Kier molecular flexibility index (Phi) is 4.66. The summed E-state index contributed by atoms with van der Waals surface area (Å²) in [6.07, 6.45) is -2.81. The van der Waals surface area contributed by atoms with Crippen LogP contribution < -0.4 is 4.72 Å². The van der Waals surface area contributed by atoms with Crippen LogP contribution in [0.5, 0.6) is 0 Å². The highest BCUT2D eigenvalue weighted by molar-refractivity contribution is 9.10. The third kappa shape index (κ3) is 3.61. The molecule has 0 fully saturated rings. The second-order valence-corrected chi connectivity index (χ2v) is 7.38. The van der Waals surface area contributed by atoms with E-state index in [0.29, 0.717) is 10.0 Å². The molecule has 0 radical (unpaired) electrons. The number of aryl methyl sites for hydroxylation is 1. The van der Waals surface area contributed by atoms with Gasteiger partial charge in [-0.15, -0.1) is 0 Å². The van der Waals surface area contributed by atoms with Gasteiger partial charge in [0.05, 0.1) is 5.69 Å². The maximum absolute atomic E-state index is 12.9. The smallest absolute Gasteiger partial charge is 0.276 e. The summed E-state index contributed by atoms with van der Waals surface area (Å²) >= 11 is 8.97. The maximum Gasteiger partial charge on any atom is 0.436 e. The zero-order valence-electron chi connectivity index (χ0n) is 11.6. The van der Waals surface area contributed by atoms with Crippen molar-refractivity contribution < 1.29 is 21.6 Å². The van der Waals surface area contributed by atoms with Gasteiger partial charge in [-0.25, -0.2) is 13.4 Å². The van der Waals surface area contributed by atoms with Gasteiger partial charge < -0.3 is 0 Å². The topological polar surface area (TPSA) is 76.9 Å². The van der Waals surface area contributed by atoms with Gasteiger partial charge in [-0.1, -0.05) is 11.6 Å². The van der Waals surface area contributed by atoms with E-state index in [1.165, 1.54) is 20.2 Å². The Balaban J connectivity index is 2.56. The molecule has 0 spiro atoms. The van der Waals surface area contributed by atoms with Gasteiger partial charge in [-0.2, -0.15) is 18.3 Å². The van der Waals surface area contributed by atoms with Crippen LogP contribution in [0.15, 0.2) is 21.8 Å². The van der Waals surface area contributed by atoms with Crippen molar-refractivity contribution in [1.29, 1.82) is 0 Å². The van der Waals surface area contributed by atoms with Crippen LogP contribution in [0.4, 0.5) is 18.9 Å². The Morgan fingerprint density at radius 3 is 2.57 bits per heavy atom. The summed E-state index contributed by atoms with van der Waals surface area (Å²) in [7, 11) is -3.38. The molecule has 2 aromatic heterocycles. The molecule has 0 atom stereocenters. The SMILES string of the molecule is Cc1c(Br)cnc(Cl)c1NS(=O)(=O)c1cn(C)nc1C(F)(F)F. The van der Waals surface area contributed by atoms with Gasteiger partial charge in [0.1, 0.15) is 4.90 Å². The van der Waals surface area contributed by atoms with E-state index in [1.54, 1.807) is 0 Å². The Morgan fingerprint density at radius 1 is 1.39 bits per heavy atom. The fourth-order valence-corrected chi connectivity index (χ4v) is 3.64. The Morgan fingerprint density at radius 2 is 2.00 bits per heavy atom. The largest absolute Gasteiger partial charge is 0.436 e. The van der Waals surface area contributed by atoms with E-state index in [-0.39, 0.29) is 10.8 Å². The number of nitrogens with zero attached hydrogens (tertiary/aromatic N) is 3. The number of anilines is 1. The van der Waals surface area contributed by atoms with Crippen LogP contribution in [0.2, 0.25) is 5.15 Å². The third-order valence-corrected chi connectivity index (χ3v) is 5.26. The summed E-state index contributed by atoms with van der Waals surface area (Å²) in [5.41, 5.74) is -1.24. The van der Waals surface area contributed by atoms with E-state index in [2.05, 4.69) is 26.0 Å². The number of hydrogen-bond donors (Lipinski definition) is 1. The minimum Gasteiger partial charge on any atom is -0.276 e. The number of alkyl halides is 3. The van der Waals surface area contributed by atoms with Crippen LogP contribution in [0.1, 0.15) is 11.3 Å². The molecule has 126 valence electrons. The van der Waals surface area contributed by atoms with Crippen molar-refractivity contribution in [2.45, 2.75) is 18.0 Å². The molecule has 12 heteroatoms. The van der Waals surface area contributed by atoms with Crippen LogP contribution in [0, 0.1) is 6.92 Å². The Bertz CT molecular complexity index is 867. The van der Waals surface area contributed by atoms with E-state index in [1.807, 2.05) is 4.72 Å². The molecule has 6 nitrogen and oxygen atoms in total. The van der Waals surface area contributed by atoms with Crippen LogP contribution in [0.25, 0.3) is 0 Å².